The molecule has 1 aliphatic rings. The summed E-state index contributed by atoms with van der Waals surface area (Å²) in [4.78, 5) is 4.11. The Bertz CT molecular complexity index is 115. The zero-order valence-electron chi connectivity index (χ0n) is 4.59. The lowest BCUT2D eigenvalue weighted by Gasteiger charge is -2.04. The van der Waals surface area contributed by atoms with Gasteiger partial charge in [0.2, 0.25) is 0 Å². The van der Waals surface area contributed by atoms with E-state index in [9.17, 15) is 0 Å². The minimum atomic E-state index is 0.561. The van der Waals surface area contributed by atoms with Crippen LogP contribution < -0.4 is 0 Å². The molecular weight excluding hydrogens is 144 g/mol. The Balaban J connectivity index is 2.32. The van der Waals surface area contributed by atoms with Gasteiger partial charge in [-0.15, -0.1) is 11.6 Å². The number of hydrogen-bond acceptors (Lipinski definition) is 3. The minimum absolute atomic E-state index is 0.561. The predicted molar refractivity (Wildman–Crippen MR) is 38.1 cm³/mol. The maximum atomic E-state index is 5.50. The quantitative estimate of drug-likeness (QED) is 0.320. The predicted octanol–water partition coefficient (Wildman–Crippen LogP) is 1.52. The van der Waals surface area contributed by atoms with Crippen molar-refractivity contribution in [1.29, 1.82) is 0 Å². The Morgan fingerprint density at radius 3 is 3.00 bits per heavy atom. The van der Waals surface area contributed by atoms with Crippen LogP contribution in [0.15, 0.2) is 4.99 Å². The normalized spacial score (nSPS) is 21.5. The van der Waals surface area contributed by atoms with E-state index < -0.39 is 0 Å². The second kappa shape index (κ2) is 2.71. The molecule has 0 amide bonds. The van der Waals surface area contributed by atoms with E-state index >= 15 is 0 Å². The molecule has 1 rings (SSSR count). The Morgan fingerprint density at radius 1 is 2.00 bits per heavy atom. The van der Waals surface area contributed by atoms with Crippen LogP contribution in [0.4, 0.5) is 0 Å². The molecular formula is C4H7ClN2S. The van der Waals surface area contributed by atoms with E-state index in [4.69, 9.17) is 11.6 Å². The lowest BCUT2D eigenvalue weighted by Crippen LogP contribution is -2.08. The van der Waals surface area contributed by atoms with Crippen molar-refractivity contribution in [2.75, 3.05) is 12.7 Å². The molecule has 1 heterocycles. The van der Waals surface area contributed by atoms with Gasteiger partial charge in [-0.25, -0.2) is 4.31 Å². The van der Waals surface area contributed by atoms with Gasteiger partial charge in [0, 0.05) is 0 Å². The average Bonchev–Trinajstić information content (AvgIpc) is 2.14. The molecule has 0 fully saturated rings. The molecule has 8 heavy (non-hydrogen) atoms. The van der Waals surface area contributed by atoms with Crippen molar-refractivity contribution < 1.29 is 0 Å². The van der Waals surface area contributed by atoms with Crippen molar-refractivity contribution in [2.24, 2.45) is 4.99 Å². The highest BCUT2D eigenvalue weighted by Crippen LogP contribution is 2.18. The van der Waals surface area contributed by atoms with Crippen LogP contribution in [-0.2, 0) is 0 Å². The van der Waals surface area contributed by atoms with Crippen LogP contribution in [0.25, 0.3) is 0 Å². The minimum Gasteiger partial charge on any atom is -0.265 e. The summed E-state index contributed by atoms with van der Waals surface area (Å²) in [6, 6.07) is 0.561. The third kappa shape index (κ3) is 1.37. The van der Waals surface area contributed by atoms with Crippen LogP contribution in [0.1, 0.15) is 6.92 Å². The van der Waals surface area contributed by atoms with Gasteiger partial charge in [0.05, 0.1) is 11.0 Å². The fourth-order valence-corrected chi connectivity index (χ4v) is 1.36. The second-order valence-corrected chi connectivity index (χ2v) is 3.04. The monoisotopic (exact) mass is 150 g/mol. The van der Waals surface area contributed by atoms with Crippen LogP contribution in [0, 0.1) is 0 Å². The van der Waals surface area contributed by atoms with Gasteiger partial charge in [-0.3, -0.25) is 4.99 Å². The molecule has 0 atom stereocenters. The van der Waals surface area contributed by atoms with E-state index in [1.807, 2.05) is 11.2 Å². The third-order valence-electron chi connectivity index (χ3n) is 0.846. The molecule has 0 aromatic carbocycles. The molecule has 0 saturated heterocycles. The summed E-state index contributed by atoms with van der Waals surface area (Å²) in [5.74, 6) is 0. The molecule has 0 aromatic rings. The van der Waals surface area contributed by atoms with E-state index in [2.05, 4.69) is 4.99 Å². The second-order valence-electron chi connectivity index (χ2n) is 1.51. The third-order valence-corrected chi connectivity index (χ3v) is 2.17. The summed E-state index contributed by atoms with van der Waals surface area (Å²) in [6.45, 7) is 2.73. The standard InChI is InChI=1S/C4H7ClN2S/c1-4-6-3-7(2-5)8-4/h2-3H2,1H3. The van der Waals surface area contributed by atoms with E-state index in [1.54, 1.807) is 11.9 Å². The van der Waals surface area contributed by atoms with Crippen molar-refractivity contribution in [1.82, 2.24) is 4.31 Å². The highest BCUT2D eigenvalue weighted by Gasteiger charge is 2.10. The molecule has 46 valence electrons. The first-order valence-electron chi connectivity index (χ1n) is 2.33. The fraction of sp³-hybridized carbons (Fsp3) is 0.750. The molecule has 0 spiro atoms. The van der Waals surface area contributed by atoms with Crippen LogP contribution in [0.5, 0.6) is 0 Å². The molecule has 0 N–H and O–H groups in total. The van der Waals surface area contributed by atoms with Gasteiger partial charge in [-0.2, -0.15) is 0 Å². The van der Waals surface area contributed by atoms with Crippen molar-refractivity contribution in [3.8, 4) is 0 Å². The molecule has 1 aliphatic heterocycles. The van der Waals surface area contributed by atoms with E-state index in [1.165, 1.54) is 0 Å². The highest BCUT2D eigenvalue weighted by molar-refractivity contribution is 8.12. The summed E-state index contributed by atoms with van der Waals surface area (Å²) in [7, 11) is 0. The van der Waals surface area contributed by atoms with Gasteiger partial charge in [-0.05, 0) is 18.9 Å². The first-order valence-corrected chi connectivity index (χ1v) is 3.63. The van der Waals surface area contributed by atoms with Gasteiger partial charge in [0.25, 0.3) is 0 Å². The SMILES string of the molecule is CC1=NCN(CCl)S1. The Kier molecular flexibility index (Phi) is 2.16. The van der Waals surface area contributed by atoms with Crippen molar-refractivity contribution >= 4 is 28.6 Å². The molecule has 2 nitrogen and oxygen atoms in total. The first kappa shape index (κ1) is 6.39. The number of halogens is 1. The zero-order chi connectivity index (χ0) is 5.98. The molecule has 0 bridgehead atoms. The molecule has 4 heteroatoms. The van der Waals surface area contributed by atoms with Gasteiger partial charge >= 0.3 is 0 Å². The van der Waals surface area contributed by atoms with Gasteiger partial charge in [-0.1, -0.05) is 0 Å². The Labute approximate surface area is 58.0 Å². The van der Waals surface area contributed by atoms with Crippen LogP contribution in [-0.4, -0.2) is 22.0 Å². The number of nitrogens with zero attached hydrogens (tertiary/aromatic N) is 2. The average molecular weight is 151 g/mol. The number of alkyl halides is 1. The van der Waals surface area contributed by atoms with Crippen LogP contribution in [0.2, 0.25) is 0 Å². The molecule has 0 saturated carbocycles. The summed E-state index contributed by atoms with van der Waals surface area (Å²) in [6.07, 6.45) is 0. The Hall–Kier alpha value is 0.270. The van der Waals surface area contributed by atoms with Crippen molar-refractivity contribution in [3.05, 3.63) is 0 Å². The molecule has 0 unspecified atom stereocenters. The molecule has 0 aromatic heterocycles. The summed E-state index contributed by atoms with van der Waals surface area (Å²) >= 11 is 7.12. The van der Waals surface area contributed by atoms with E-state index in [0.717, 1.165) is 11.7 Å². The van der Waals surface area contributed by atoms with Crippen LogP contribution >= 0.6 is 23.5 Å². The number of rotatable bonds is 1. The summed E-state index contributed by atoms with van der Waals surface area (Å²) < 4.78 is 1.98. The number of aliphatic imine (C=N–C) groups is 1. The van der Waals surface area contributed by atoms with Crippen molar-refractivity contribution in [3.63, 3.8) is 0 Å². The largest absolute Gasteiger partial charge is 0.265 e. The lowest BCUT2D eigenvalue weighted by atomic mass is 10.8. The molecule has 0 radical (unpaired) electrons. The fourth-order valence-electron chi connectivity index (χ4n) is 0.485. The van der Waals surface area contributed by atoms with Gasteiger partial charge in [0.15, 0.2) is 0 Å². The number of hydrogen-bond donors (Lipinski definition) is 0. The lowest BCUT2D eigenvalue weighted by molar-refractivity contribution is 0.579. The highest BCUT2D eigenvalue weighted by atomic mass is 35.5. The maximum Gasteiger partial charge on any atom is 0.103 e. The van der Waals surface area contributed by atoms with Crippen molar-refractivity contribution in [2.45, 2.75) is 6.92 Å². The van der Waals surface area contributed by atoms with Crippen LogP contribution in [0.3, 0.4) is 0 Å². The van der Waals surface area contributed by atoms with E-state index in [-0.39, 0.29) is 0 Å². The summed E-state index contributed by atoms with van der Waals surface area (Å²) in [5.41, 5.74) is 0. The van der Waals surface area contributed by atoms with Gasteiger partial charge < -0.3 is 0 Å². The zero-order valence-corrected chi connectivity index (χ0v) is 6.17. The van der Waals surface area contributed by atoms with Gasteiger partial charge in [0.1, 0.15) is 6.67 Å². The topological polar surface area (TPSA) is 15.6 Å². The maximum absolute atomic E-state index is 5.50. The summed E-state index contributed by atoms with van der Waals surface area (Å²) in [5, 5.41) is 1.10. The molecule has 0 aliphatic carbocycles. The van der Waals surface area contributed by atoms with E-state index in [0.29, 0.717) is 6.00 Å². The Morgan fingerprint density at radius 2 is 2.75 bits per heavy atom. The first-order chi connectivity index (χ1) is 3.83. The smallest absolute Gasteiger partial charge is 0.103 e.